The van der Waals surface area contributed by atoms with Gasteiger partial charge in [0.2, 0.25) is 0 Å². The molecule has 78 valence electrons. The minimum atomic E-state index is 0.386. The van der Waals surface area contributed by atoms with Crippen molar-refractivity contribution in [3.8, 4) is 0 Å². The van der Waals surface area contributed by atoms with Crippen LogP contribution < -0.4 is 5.32 Å². The molecule has 15 heavy (non-hydrogen) atoms. The summed E-state index contributed by atoms with van der Waals surface area (Å²) >= 11 is 0. The number of hydrogen-bond donors (Lipinski definition) is 1. The molecule has 1 aliphatic carbocycles. The van der Waals surface area contributed by atoms with E-state index >= 15 is 0 Å². The van der Waals surface area contributed by atoms with Crippen LogP contribution in [0, 0.1) is 0 Å². The van der Waals surface area contributed by atoms with E-state index in [1.165, 1.54) is 23.8 Å². The highest BCUT2D eigenvalue weighted by Crippen LogP contribution is 2.38. The minimum absolute atomic E-state index is 0.386. The second-order valence-corrected chi connectivity index (χ2v) is 4.50. The van der Waals surface area contributed by atoms with Crippen LogP contribution in [0.5, 0.6) is 0 Å². The van der Waals surface area contributed by atoms with E-state index in [0.717, 1.165) is 12.0 Å². The highest BCUT2D eigenvalue weighted by atomic mass is 16.3. The topological polar surface area (TPSA) is 25.2 Å². The Morgan fingerprint density at radius 3 is 2.93 bits per heavy atom. The SMILES string of the molecule is CNC1(Cc2ccc3occc3c2)CC1. The highest BCUT2D eigenvalue weighted by Gasteiger charge is 2.40. The van der Waals surface area contributed by atoms with E-state index in [2.05, 4.69) is 30.6 Å². The summed E-state index contributed by atoms with van der Waals surface area (Å²) in [4.78, 5) is 0. The number of benzene rings is 1. The average molecular weight is 201 g/mol. The summed E-state index contributed by atoms with van der Waals surface area (Å²) in [5.41, 5.74) is 2.76. The van der Waals surface area contributed by atoms with Crippen LogP contribution in [-0.2, 0) is 6.42 Å². The van der Waals surface area contributed by atoms with E-state index < -0.39 is 0 Å². The van der Waals surface area contributed by atoms with Gasteiger partial charge in [-0.05, 0) is 50.1 Å². The van der Waals surface area contributed by atoms with Crippen LogP contribution in [0.3, 0.4) is 0 Å². The molecule has 0 bridgehead atoms. The van der Waals surface area contributed by atoms with Crippen LogP contribution in [0.25, 0.3) is 11.0 Å². The first kappa shape index (κ1) is 8.98. The third-order valence-electron chi connectivity index (χ3n) is 3.44. The van der Waals surface area contributed by atoms with E-state index in [9.17, 15) is 0 Å². The molecule has 0 amide bonds. The lowest BCUT2D eigenvalue weighted by Crippen LogP contribution is -2.29. The quantitative estimate of drug-likeness (QED) is 0.826. The van der Waals surface area contributed by atoms with Crippen molar-refractivity contribution in [3.63, 3.8) is 0 Å². The lowest BCUT2D eigenvalue weighted by molar-refractivity contribution is 0.549. The molecule has 0 spiro atoms. The van der Waals surface area contributed by atoms with Gasteiger partial charge in [0.15, 0.2) is 0 Å². The molecule has 1 aromatic carbocycles. The van der Waals surface area contributed by atoms with Gasteiger partial charge in [-0.1, -0.05) is 6.07 Å². The first-order valence-electron chi connectivity index (χ1n) is 5.46. The van der Waals surface area contributed by atoms with Gasteiger partial charge in [-0.25, -0.2) is 0 Å². The summed E-state index contributed by atoms with van der Waals surface area (Å²) in [6, 6.07) is 8.49. The van der Waals surface area contributed by atoms with Crippen molar-refractivity contribution in [3.05, 3.63) is 36.1 Å². The maximum absolute atomic E-state index is 5.33. The Morgan fingerprint density at radius 2 is 2.20 bits per heavy atom. The van der Waals surface area contributed by atoms with Crippen LogP contribution >= 0.6 is 0 Å². The Hall–Kier alpha value is -1.28. The van der Waals surface area contributed by atoms with E-state index in [-0.39, 0.29) is 0 Å². The predicted octanol–water partition coefficient (Wildman–Crippen LogP) is 2.73. The fraction of sp³-hybridized carbons (Fsp3) is 0.385. The Balaban J connectivity index is 1.91. The standard InChI is InChI=1S/C13H15NO/c1-14-13(5-6-13)9-10-2-3-12-11(8-10)4-7-15-12/h2-4,7-8,14H,5-6,9H2,1H3. The van der Waals surface area contributed by atoms with Crippen molar-refractivity contribution in [2.45, 2.75) is 24.8 Å². The van der Waals surface area contributed by atoms with Gasteiger partial charge in [0.25, 0.3) is 0 Å². The van der Waals surface area contributed by atoms with Gasteiger partial charge in [-0.15, -0.1) is 0 Å². The summed E-state index contributed by atoms with van der Waals surface area (Å²) in [6.07, 6.45) is 5.48. The first-order valence-corrected chi connectivity index (χ1v) is 5.46. The fourth-order valence-electron chi connectivity index (χ4n) is 2.18. The van der Waals surface area contributed by atoms with Crippen molar-refractivity contribution in [1.82, 2.24) is 5.32 Å². The molecule has 3 rings (SSSR count). The molecule has 0 saturated heterocycles. The summed E-state index contributed by atoms with van der Waals surface area (Å²) in [5.74, 6) is 0. The summed E-state index contributed by atoms with van der Waals surface area (Å²) in [7, 11) is 2.06. The molecule has 1 aromatic heterocycles. The van der Waals surface area contributed by atoms with Crippen molar-refractivity contribution in [2.75, 3.05) is 7.05 Å². The van der Waals surface area contributed by atoms with Crippen molar-refractivity contribution in [2.24, 2.45) is 0 Å². The average Bonchev–Trinajstić information content (AvgIpc) is 2.88. The monoisotopic (exact) mass is 201 g/mol. The van der Waals surface area contributed by atoms with E-state index in [1.807, 2.05) is 6.07 Å². The van der Waals surface area contributed by atoms with Gasteiger partial charge >= 0.3 is 0 Å². The molecular formula is C13H15NO. The molecule has 1 saturated carbocycles. The van der Waals surface area contributed by atoms with Crippen LogP contribution in [0.2, 0.25) is 0 Å². The van der Waals surface area contributed by atoms with Crippen LogP contribution in [-0.4, -0.2) is 12.6 Å². The molecule has 0 radical (unpaired) electrons. The fourth-order valence-corrected chi connectivity index (χ4v) is 2.18. The van der Waals surface area contributed by atoms with Crippen LogP contribution in [0.1, 0.15) is 18.4 Å². The van der Waals surface area contributed by atoms with Crippen molar-refractivity contribution in [1.29, 1.82) is 0 Å². The summed E-state index contributed by atoms with van der Waals surface area (Å²) in [5, 5.41) is 4.63. The zero-order valence-electron chi connectivity index (χ0n) is 8.92. The first-order chi connectivity index (χ1) is 7.31. The number of hydrogen-bond acceptors (Lipinski definition) is 2. The van der Waals surface area contributed by atoms with Crippen molar-refractivity contribution < 1.29 is 4.42 Å². The minimum Gasteiger partial charge on any atom is -0.464 e. The third-order valence-corrected chi connectivity index (χ3v) is 3.44. The molecule has 0 atom stereocenters. The van der Waals surface area contributed by atoms with E-state index in [0.29, 0.717) is 5.54 Å². The number of fused-ring (bicyclic) bond motifs is 1. The lowest BCUT2D eigenvalue weighted by Gasteiger charge is -2.13. The Labute approximate surface area is 89.3 Å². The molecule has 0 unspecified atom stereocenters. The highest BCUT2D eigenvalue weighted by molar-refractivity contribution is 5.77. The smallest absolute Gasteiger partial charge is 0.133 e. The molecule has 2 nitrogen and oxygen atoms in total. The van der Waals surface area contributed by atoms with Gasteiger partial charge in [0.05, 0.1) is 6.26 Å². The summed E-state index contributed by atoms with van der Waals surface area (Å²) in [6.45, 7) is 0. The normalized spacial score (nSPS) is 18.2. The zero-order chi connectivity index (χ0) is 10.3. The largest absolute Gasteiger partial charge is 0.464 e. The molecule has 1 heterocycles. The van der Waals surface area contributed by atoms with Gasteiger partial charge < -0.3 is 9.73 Å². The van der Waals surface area contributed by atoms with Gasteiger partial charge in [-0.3, -0.25) is 0 Å². The Morgan fingerprint density at radius 1 is 1.33 bits per heavy atom. The van der Waals surface area contributed by atoms with Gasteiger partial charge in [0, 0.05) is 10.9 Å². The molecule has 2 aromatic rings. The molecule has 0 aliphatic heterocycles. The lowest BCUT2D eigenvalue weighted by atomic mass is 10.0. The number of furan rings is 1. The van der Waals surface area contributed by atoms with Gasteiger partial charge in [0.1, 0.15) is 5.58 Å². The summed E-state index contributed by atoms with van der Waals surface area (Å²) < 4.78 is 5.33. The van der Waals surface area contributed by atoms with E-state index in [1.54, 1.807) is 6.26 Å². The Bertz CT molecular complexity index is 482. The zero-order valence-corrected chi connectivity index (χ0v) is 8.92. The molecule has 1 aliphatic rings. The van der Waals surface area contributed by atoms with Crippen LogP contribution in [0.15, 0.2) is 34.9 Å². The number of nitrogens with one attached hydrogen (secondary N) is 1. The van der Waals surface area contributed by atoms with Crippen LogP contribution in [0.4, 0.5) is 0 Å². The molecule has 2 heteroatoms. The number of likely N-dealkylation sites (N-methyl/N-ethyl adjacent to an activating group) is 1. The second-order valence-electron chi connectivity index (χ2n) is 4.50. The molecule has 1 fully saturated rings. The van der Waals surface area contributed by atoms with E-state index in [4.69, 9.17) is 4.42 Å². The molecular weight excluding hydrogens is 186 g/mol. The maximum Gasteiger partial charge on any atom is 0.133 e. The number of rotatable bonds is 3. The Kier molecular flexibility index (Phi) is 1.86. The van der Waals surface area contributed by atoms with Gasteiger partial charge in [-0.2, -0.15) is 0 Å². The van der Waals surface area contributed by atoms with Crippen molar-refractivity contribution >= 4 is 11.0 Å². The maximum atomic E-state index is 5.33. The second kappa shape index (κ2) is 3.11. The molecule has 1 N–H and O–H groups in total. The third kappa shape index (κ3) is 1.55. The predicted molar refractivity (Wildman–Crippen MR) is 60.9 cm³/mol.